The van der Waals surface area contributed by atoms with E-state index in [2.05, 4.69) is 57.4 Å². The van der Waals surface area contributed by atoms with E-state index < -0.39 is 0 Å². The van der Waals surface area contributed by atoms with Crippen molar-refractivity contribution in [1.82, 2.24) is 10.3 Å². The maximum Gasteiger partial charge on any atom is 0.0760 e. The standard InChI is InChI=1S/C14H15BrN2/c1-10-5-3-6-11(9-10)13(16-2)14-12(15)7-4-8-17-14/h3-9,13,16H,1-2H3. The van der Waals surface area contributed by atoms with E-state index in [0.717, 1.165) is 10.2 Å². The van der Waals surface area contributed by atoms with Crippen LogP contribution in [0.25, 0.3) is 0 Å². The summed E-state index contributed by atoms with van der Waals surface area (Å²) in [6.45, 7) is 2.10. The van der Waals surface area contributed by atoms with Crippen LogP contribution in [0.3, 0.4) is 0 Å². The first-order chi connectivity index (χ1) is 8.22. The molecular weight excluding hydrogens is 276 g/mol. The van der Waals surface area contributed by atoms with Gasteiger partial charge in [0.05, 0.1) is 11.7 Å². The average molecular weight is 291 g/mol. The molecular formula is C14H15BrN2. The maximum atomic E-state index is 4.45. The van der Waals surface area contributed by atoms with E-state index in [1.807, 2.05) is 25.4 Å². The maximum absolute atomic E-state index is 4.45. The molecule has 1 unspecified atom stereocenters. The van der Waals surface area contributed by atoms with E-state index in [0.29, 0.717) is 0 Å². The van der Waals surface area contributed by atoms with Gasteiger partial charge in [-0.05, 0) is 47.6 Å². The molecule has 17 heavy (non-hydrogen) atoms. The first-order valence-electron chi connectivity index (χ1n) is 5.56. The summed E-state index contributed by atoms with van der Waals surface area (Å²) in [5.41, 5.74) is 3.50. The number of nitrogens with zero attached hydrogens (tertiary/aromatic N) is 1. The van der Waals surface area contributed by atoms with Crippen molar-refractivity contribution in [1.29, 1.82) is 0 Å². The van der Waals surface area contributed by atoms with Crippen LogP contribution in [-0.2, 0) is 0 Å². The second-order valence-corrected chi connectivity index (χ2v) is 4.86. The summed E-state index contributed by atoms with van der Waals surface area (Å²) in [4.78, 5) is 4.45. The van der Waals surface area contributed by atoms with Gasteiger partial charge in [-0.3, -0.25) is 4.98 Å². The second-order valence-electron chi connectivity index (χ2n) is 4.01. The third-order valence-corrected chi connectivity index (χ3v) is 3.40. The van der Waals surface area contributed by atoms with Crippen LogP contribution in [0.4, 0.5) is 0 Å². The van der Waals surface area contributed by atoms with E-state index >= 15 is 0 Å². The summed E-state index contributed by atoms with van der Waals surface area (Å²) in [5.74, 6) is 0. The SMILES string of the molecule is CNC(c1cccc(C)c1)c1ncccc1Br. The molecule has 0 fully saturated rings. The molecule has 1 aromatic carbocycles. The Morgan fingerprint density at radius 3 is 2.71 bits per heavy atom. The summed E-state index contributed by atoms with van der Waals surface area (Å²) >= 11 is 3.55. The Balaban J connectivity index is 2.44. The van der Waals surface area contributed by atoms with Crippen molar-refractivity contribution in [3.8, 4) is 0 Å². The van der Waals surface area contributed by atoms with Gasteiger partial charge in [0, 0.05) is 10.7 Å². The molecule has 0 radical (unpaired) electrons. The first-order valence-corrected chi connectivity index (χ1v) is 6.36. The lowest BCUT2D eigenvalue weighted by Crippen LogP contribution is -2.19. The summed E-state index contributed by atoms with van der Waals surface area (Å²) in [6, 6.07) is 12.5. The van der Waals surface area contributed by atoms with E-state index in [1.165, 1.54) is 11.1 Å². The molecule has 88 valence electrons. The molecule has 2 aromatic rings. The third kappa shape index (κ3) is 2.73. The Kier molecular flexibility index (Phi) is 3.92. The number of pyridine rings is 1. The molecule has 1 aromatic heterocycles. The molecule has 0 amide bonds. The van der Waals surface area contributed by atoms with Crippen molar-refractivity contribution >= 4 is 15.9 Å². The Hall–Kier alpha value is -1.19. The Morgan fingerprint density at radius 2 is 2.06 bits per heavy atom. The topological polar surface area (TPSA) is 24.9 Å². The van der Waals surface area contributed by atoms with Gasteiger partial charge in [-0.25, -0.2) is 0 Å². The number of hydrogen-bond donors (Lipinski definition) is 1. The fourth-order valence-electron chi connectivity index (χ4n) is 1.92. The minimum absolute atomic E-state index is 0.116. The second kappa shape index (κ2) is 5.43. The van der Waals surface area contributed by atoms with Crippen LogP contribution in [0.15, 0.2) is 47.1 Å². The molecule has 0 aliphatic heterocycles. The lowest BCUT2D eigenvalue weighted by molar-refractivity contribution is 0.667. The molecule has 2 rings (SSSR count). The monoisotopic (exact) mass is 290 g/mol. The highest BCUT2D eigenvalue weighted by molar-refractivity contribution is 9.10. The van der Waals surface area contributed by atoms with E-state index in [1.54, 1.807) is 0 Å². The van der Waals surface area contributed by atoms with Crippen LogP contribution in [-0.4, -0.2) is 12.0 Å². The zero-order chi connectivity index (χ0) is 12.3. The van der Waals surface area contributed by atoms with E-state index in [9.17, 15) is 0 Å². The number of benzene rings is 1. The lowest BCUT2D eigenvalue weighted by Gasteiger charge is -2.17. The van der Waals surface area contributed by atoms with Gasteiger partial charge in [0.25, 0.3) is 0 Å². The number of aryl methyl sites for hydroxylation is 1. The van der Waals surface area contributed by atoms with Gasteiger partial charge < -0.3 is 5.32 Å². The third-order valence-electron chi connectivity index (χ3n) is 2.72. The quantitative estimate of drug-likeness (QED) is 0.936. The number of aromatic nitrogens is 1. The molecule has 1 N–H and O–H groups in total. The number of rotatable bonds is 3. The minimum atomic E-state index is 0.116. The molecule has 1 heterocycles. The summed E-state index contributed by atoms with van der Waals surface area (Å²) in [5, 5.41) is 3.31. The van der Waals surface area contributed by atoms with Crippen molar-refractivity contribution in [2.75, 3.05) is 7.05 Å². The first kappa shape index (κ1) is 12.3. The normalized spacial score (nSPS) is 12.4. The van der Waals surface area contributed by atoms with Crippen LogP contribution in [0.2, 0.25) is 0 Å². The van der Waals surface area contributed by atoms with Gasteiger partial charge in [0.1, 0.15) is 0 Å². The van der Waals surface area contributed by atoms with Gasteiger partial charge >= 0.3 is 0 Å². The average Bonchev–Trinajstić information content (AvgIpc) is 2.33. The van der Waals surface area contributed by atoms with Crippen molar-refractivity contribution in [3.05, 3.63) is 63.9 Å². The Morgan fingerprint density at radius 1 is 1.24 bits per heavy atom. The van der Waals surface area contributed by atoms with Crippen LogP contribution < -0.4 is 5.32 Å². The molecule has 1 atom stereocenters. The van der Waals surface area contributed by atoms with Crippen molar-refractivity contribution in [2.45, 2.75) is 13.0 Å². The number of hydrogen-bond acceptors (Lipinski definition) is 2. The molecule has 0 saturated heterocycles. The zero-order valence-electron chi connectivity index (χ0n) is 9.94. The van der Waals surface area contributed by atoms with E-state index in [-0.39, 0.29) is 6.04 Å². The van der Waals surface area contributed by atoms with Crippen molar-refractivity contribution < 1.29 is 0 Å². The van der Waals surface area contributed by atoms with Crippen LogP contribution in [0.1, 0.15) is 22.9 Å². The fraction of sp³-hybridized carbons (Fsp3) is 0.214. The zero-order valence-corrected chi connectivity index (χ0v) is 11.5. The lowest BCUT2D eigenvalue weighted by atomic mass is 10.0. The molecule has 0 bridgehead atoms. The Labute approximate surface area is 110 Å². The molecule has 0 aliphatic carbocycles. The highest BCUT2D eigenvalue weighted by Crippen LogP contribution is 2.26. The van der Waals surface area contributed by atoms with Crippen LogP contribution >= 0.6 is 15.9 Å². The fourth-order valence-corrected chi connectivity index (χ4v) is 2.41. The van der Waals surface area contributed by atoms with E-state index in [4.69, 9.17) is 0 Å². The van der Waals surface area contributed by atoms with Gasteiger partial charge in [0.2, 0.25) is 0 Å². The molecule has 2 nitrogen and oxygen atoms in total. The number of nitrogens with one attached hydrogen (secondary N) is 1. The molecule has 0 spiro atoms. The van der Waals surface area contributed by atoms with Crippen molar-refractivity contribution in [3.63, 3.8) is 0 Å². The smallest absolute Gasteiger partial charge is 0.0760 e. The summed E-state index contributed by atoms with van der Waals surface area (Å²) in [7, 11) is 1.95. The van der Waals surface area contributed by atoms with Gasteiger partial charge in [0.15, 0.2) is 0 Å². The van der Waals surface area contributed by atoms with Crippen LogP contribution in [0, 0.1) is 6.92 Å². The largest absolute Gasteiger partial charge is 0.308 e. The predicted molar refractivity (Wildman–Crippen MR) is 74.0 cm³/mol. The summed E-state index contributed by atoms with van der Waals surface area (Å²) < 4.78 is 1.03. The minimum Gasteiger partial charge on any atom is -0.308 e. The van der Waals surface area contributed by atoms with Gasteiger partial charge in [-0.1, -0.05) is 29.8 Å². The van der Waals surface area contributed by atoms with Crippen LogP contribution in [0.5, 0.6) is 0 Å². The predicted octanol–water partition coefficient (Wildman–Crippen LogP) is 3.46. The van der Waals surface area contributed by atoms with Gasteiger partial charge in [-0.2, -0.15) is 0 Å². The number of halogens is 1. The molecule has 0 aliphatic rings. The molecule has 3 heteroatoms. The highest BCUT2D eigenvalue weighted by atomic mass is 79.9. The van der Waals surface area contributed by atoms with Crippen molar-refractivity contribution in [2.24, 2.45) is 0 Å². The highest BCUT2D eigenvalue weighted by Gasteiger charge is 2.15. The molecule has 0 saturated carbocycles. The Bertz CT molecular complexity index is 511. The van der Waals surface area contributed by atoms with Gasteiger partial charge in [-0.15, -0.1) is 0 Å². The summed E-state index contributed by atoms with van der Waals surface area (Å²) in [6.07, 6.45) is 1.82.